The lowest BCUT2D eigenvalue weighted by Crippen LogP contribution is -2.03. The predicted octanol–water partition coefficient (Wildman–Crippen LogP) is 6.46. The van der Waals surface area contributed by atoms with Crippen molar-refractivity contribution in [1.82, 2.24) is 19.7 Å². The zero-order valence-electron chi connectivity index (χ0n) is 25.1. The largest absolute Gasteiger partial charge is 0.496 e. The van der Waals surface area contributed by atoms with Gasteiger partial charge in [0.05, 0.1) is 52.3 Å². The van der Waals surface area contributed by atoms with Crippen molar-refractivity contribution in [1.29, 1.82) is 0 Å². The van der Waals surface area contributed by atoms with Gasteiger partial charge in [-0.2, -0.15) is 0 Å². The molecule has 0 saturated carbocycles. The van der Waals surface area contributed by atoms with Crippen LogP contribution < -0.4 is 18.9 Å². The number of allylic oxidation sites excluding steroid dienone is 1. The summed E-state index contributed by atoms with van der Waals surface area (Å²) in [7, 11) is 7.66. The maximum Gasteiger partial charge on any atom is 0.337 e. The molecule has 0 unspecified atom stereocenters. The lowest BCUT2D eigenvalue weighted by Gasteiger charge is -2.15. The van der Waals surface area contributed by atoms with Crippen LogP contribution >= 0.6 is 11.8 Å². The van der Waals surface area contributed by atoms with Gasteiger partial charge in [-0.1, -0.05) is 42.1 Å². The Balaban J connectivity index is 1.58. The topological polar surface area (TPSA) is 107 Å². The van der Waals surface area contributed by atoms with Crippen LogP contribution in [-0.4, -0.2) is 61.3 Å². The summed E-state index contributed by atoms with van der Waals surface area (Å²) >= 11 is 1.51. The fourth-order valence-electron chi connectivity index (χ4n) is 4.88. The fourth-order valence-corrected chi connectivity index (χ4v) is 5.82. The van der Waals surface area contributed by atoms with E-state index in [4.69, 9.17) is 28.7 Å². The lowest BCUT2D eigenvalue weighted by atomic mass is 10.0. The summed E-state index contributed by atoms with van der Waals surface area (Å²) in [6, 6.07) is 18.9. The van der Waals surface area contributed by atoms with Gasteiger partial charge in [0, 0.05) is 34.4 Å². The van der Waals surface area contributed by atoms with Gasteiger partial charge in [-0.05, 0) is 36.4 Å². The van der Waals surface area contributed by atoms with Crippen molar-refractivity contribution < 1.29 is 28.5 Å². The zero-order chi connectivity index (χ0) is 31.2. The Morgan fingerprint density at radius 2 is 1.61 bits per heavy atom. The van der Waals surface area contributed by atoms with Crippen molar-refractivity contribution in [3.63, 3.8) is 0 Å². The highest BCUT2D eigenvalue weighted by Crippen LogP contribution is 2.42. The molecule has 0 N–H and O–H groups in total. The van der Waals surface area contributed by atoms with E-state index in [1.807, 2.05) is 59.2 Å². The molecule has 0 bridgehead atoms. The molecule has 0 radical (unpaired) electrons. The first-order valence-electron chi connectivity index (χ1n) is 13.6. The Morgan fingerprint density at radius 1 is 0.886 bits per heavy atom. The highest BCUT2D eigenvalue weighted by Gasteiger charge is 2.21. The number of ether oxygens (including phenoxy) is 5. The summed E-state index contributed by atoms with van der Waals surface area (Å²) in [6.07, 6.45) is 1.81. The van der Waals surface area contributed by atoms with E-state index in [1.54, 1.807) is 40.6 Å². The SMILES string of the molecule is C=CCn1c(SCc2ccc(C(=O)OC)cc2OC)nnc1-c1cc(-c2cc(OC)c(OC)c(OC)c2)nc2ccccc12. The molecule has 2 aromatic heterocycles. The Morgan fingerprint density at radius 3 is 2.27 bits per heavy atom. The predicted molar refractivity (Wildman–Crippen MR) is 170 cm³/mol. The number of carbonyl (C=O) groups is 1. The Hall–Kier alpha value is -5.03. The molecule has 0 saturated heterocycles. The third-order valence-electron chi connectivity index (χ3n) is 7.01. The first-order chi connectivity index (χ1) is 21.5. The number of fused-ring (bicyclic) bond motifs is 1. The number of para-hydroxylation sites is 1. The second kappa shape index (κ2) is 13.5. The number of aromatic nitrogens is 4. The zero-order valence-corrected chi connectivity index (χ0v) is 25.9. The van der Waals surface area contributed by atoms with Gasteiger partial charge in [0.1, 0.15) is 5.75 Å². The molecule has 0 aliphatic heterocycles. The molecule has 10 nitrogen and oxygen atoms in total. The van der Waals surface area contributed by atoms with Crippen LogP contribution in [0, 0.1) is 0 Å². The number of methoxy groups -OCH3 is 5. The van der Waals surface area contributed by atoms with Crippen molar-refractivity contribution in [3.8, 4) is 45.6 Å². The maximum absolute atomic E-state index is 12.0. The van der Waals surface area contributed by atoms with E-state index in [0.29, 0.717) is 57.5 Å². The average molecular weight is 613 g/mol. The number of hydrogen-bond donors (Lipinski definition) is 0. The van der Waals surface area contributed by atoms with Crippen LogP contribution in [0.25, 0.3) is 33.5 Å². The molecular formula is C33H32N4O6S. The maximum atomic E-state index is 12.0. The Bertz CT molecular complexity index is 1810. The number of pyridine rings is 1. The van der Waals surface area contributed by atoms with E-state index in [-0.39, 0.29) is 0 Å². The molecule has 0 atom stereocenters. The minimum Gasteiger partial charge on any atom is -0.496 e. The number of esters is 1. The van der Waals surface area contributed by atoms with E-state index in [0.717, 1.165) is 27.6 Å². The van der Waals surface area contributed by atoms with Crippen LogP contribution in [0.3, 0.4) is 0 Å². The van der Waals surface area contributed by atoms with Crippen molar-refractivity contribution >= 4 is 28.6 Å². The molecule has 0 aliphatic rings. The van der Waals surface area contributed by atoms with E-state index >= 15 is 0 Å². The van der Waals surface area contributed by atoms with Crippen molar-refractivity contribution in [2.45, 2.75) is 17.5 Å². The van der Waals surface area contributed by atoms with E-state index in [2.05, 4.69) is 16.8 Å². The highest BCUT2D eigenvalue weighted by molar-refractivity contribution is 7.98. The molecule has 11 heteroatoms. The molecule has 44 heavy (non-hydrogen) atoms. The number of benzene rings is 3. The van der Waals surface area contributed by atoms with Crippen LogP contribution in [0.1, 0.15) is 15.9 Å². The number of carbonyl (C=O) groups excluding carboxylic acids is 1. The van der Waals surface area contributed by atoms with Crippen molar-refractivity contribution in [3.05, 3.63) is 84.4 Å². The third kappa shape index (κ3) is 5.91. The van der Waals surface area contributed by atoms with Gasteiger partial charge in [0.25, 0.3) is 0 Å². The standard InChI is InChI=1S/C33H32N4O6S/c1-7-14-37-31(35-36-33(37)44-19-21-13-12-20(32(38)43-6)15-27(21)39-2)24-18-26(34-25-11-9-8-10-23(24)25)22-16-28(40-3)30(42-5)29(17-22)41-4/h7-13,15-18H,1,14,19H2,2-6H3. The summed E-state index contributed by atoms with van der Waals surface area (Å²) in [5.74, 6) is 2.94. The lowest BCUT2D eigenvalue weighted by molar-refractivity contribution is 0.0600. The van der Waals surface area contributed by atoms with Gasteiger partial charge in [-0.25, -0.2) is 9.78 Å². The summed E-state index contributed by atoms with van der Waals surface area (Å²) in [5.41, 5.74) is 4.47. The van der Waals surface area contributed by atoms with Crippen molar-refractivity contribution in [2.24, 2.45) is 0 Å². The fraction of sp³-hybridized carbons (Fsp3) is 0.212. The summed E-state index contributed by atoms with van der Waals surface area (Å²) < 4.78 is 29.1. The minimum atomic E-state index is -0.423. The van der Waals surface area contributed by atoms with Gasteiger partial charge >= 0.3 is 5.97 Å². The number of hydrogen-bond acceptors (Lipinski definition) is 10. The van der Waals surface area contributed by atoms with Crippen molar-refractivity contribution in [2.75, 3.05) is 35.5 Å². The number of rotatable bonds is 12. The van der Waals surface area contributed by atoms with Gasteiger partial charge in [0.15, 0.2) is 22.5 Å². The summed E-state index contributed by atoms with van der Waals surface area (Å²) in [6.45, 7) is 4.46. The van der Waals surface area contributed by atoms with Gasteiger partial charge in [-0.3, -0.25) is 4.57 Å². The number of nitrogens with zero attached hydrogens (tertiary/aromatic N) is 4. The molecule has 5 rings (SSSR count). The highest BCUT2D eigenvalue weighted by atomic mass is 32.2. The Kier molecular flexibility index (Phi) is 9.35. The molecule has 3 aromatic carbocycles. The van der Waals surface area contributed by atoms with Crippen LogP contribution in [0.15, 0.2) is 78.5 Å². The molecule has 0 spiro atoms. The summed E-state index contributed by atoms with van der Waals surface area (Å²) in [4.78, 5) is 16.9. The average Bonchev–Trinajstić information content (AvgIpc) is 3.47. The molecular weight excluding hydrogens is 580 g/mol. The van der Waals surface area contributed by atoms with Crippen LogP contribution in [0.4, 0.5) is 0 Å². The Labute approximate surface area is 259 Å². The molecule has 226 valence electrons. The first kappa shape index (κ1) is 30.4. The van der Waals surface area contributed by atoms with Gasteiger partial charge < -0.3 is 23.7 Å². The first-order valence-corrected chi connectivity index (χ1v) is 14.6. The van der Waals surface area contributed by atoms with Gasteiger partial charge in [-0.15, -0.1) is 16.8 Å². The second-order valence-electron chi connectivity index (χ2n) is 9.50. The van der Waals surface area contributed by atoms with E-state index in [1.165, 1.54) is 18.9 Å². The molecule has 0 fully saturated rings. The van der Waals surface area contributed by atoms with Crippen LogP contribution in [-0.2, 0) is 17.0 Å². The van der Waals surface area contributed by atoms with E-state index < -0.39 is 5.97 Å². The molecule has 0 amide bonds. The van der Waals surface area contributed by atoms with Crippen LogP contribution in [0.2, 0.25) is 0 Å². The molecule has 5 aromatic rings. The minimum absolute atomic E-state index is 0.419. The van der Waals surface area contributed by atoms with Crippen LogP contribution in [0.5, 0.6) is 23.0 Å². The van der Waals surface area contributed by atoms with E-state index in [9.17, 15) is 4.79 Å². The second-order valence-corrected chi connectivity index (χ2v) is 10.4. The quantitative estimate of drug-likeness (QED) is 0.0885. The molecule has 2 heterocycles. The smallest absolute Gasteiger partial charge is 0.337 e. The normalized spacial score (nSPS) is 10.8. The third-order valence-corrected chi connectivity index (χ3v) is 8.03. The monoisotopic (exact) mass is 612 g/mol. The molecule has 0 aliphatic carbocycles. The summed E-state index contributed by atoms with van der Waals surface area (Å²) in [5, 5.41) is 10.8. The number of thioether (sulfide) groups is 1. The van der Waals surface area contributed by atoms with Gasteiger partial charge in [0.2, 0.25) is 5.75 Å².